The molecule has 2 amide bonds. The first kappa shape index (κ1) is 22.6. The number of fused-ring (bicyclic) bond motifs is 1. The average Bonchev–Trinajstić information content (AvgIpc) is 2.83. The van der Waals surface area contributed by atoms with Gasteiger partial charge in [-0.15, -0.1) is 0 Å². The molecule has 1 aliphatic rings. The molecule has 3 N–H and O–H groups in total. The monoisotopic (exact) mass is 448 g/mol. The maximum Gasteiger partial charge on any atom is 0.319 e. The Morgan fingerprint density at radius 1 is 1.03 bits per heavy atom. The first-order chi connectivity index (χ1) is 16.0. The second kappa shape index (κ2) is 10.4. The number of nitrogens with zero attached hydrogens (tertiary/aromatic N) is 3. The molecule has 0 spiro atoms. The lowest BCUT2D eigenvalue weighted by atomic mass is 9.86. The molecule has 3 aromatic rings. The fourth-order valence-corrected chi connectivity index (χ4v) is 4.31. The number of anilines is 3. The minimum atomic E-state index is -0.208. The van der Waals surface area contributed by atoms with Gasteiger partial charge in [0.25, 0.3) is 0 Å². The van der Waals surface area contributed by atoms with Gasteiger partial charge in [-0.3, -0.25) is 0 Å². The molecular formula is C25H32N6O2. The highest BCUT2D eigenvalue weighted by Crippen LogP contribution is 2.28. The van der Waals surface area contributed by atoms with Crippen LogP contribution in [0.5, 0.6) is 5.75 Å². The van der Waals surface area contributed by atoms with Crippen LogP contribution in [0.2, 0.25) is 0 Å². The SMILES string of the molecule is COc1ccccc1NC(=O)NCC1CCC(Nc2nc(N(C)C)c3ccccc3n2)CC1. The van der Waals surface area contributed by atoms with E-state index in [1.54, 1.807) is 7.11 Å². The van der Waals surface area contributed by atoms with Gasteiger partial charge in [-0.1, -0.05) is 24.3 Å². The van der Waals surface area contributed by atoms with Gasteiger partial charge in [0.05, 0.1) is 18.3 Å². The van der Waals surface area contributed by atoms with E-state index in [9.17, 15) is 4.79 Å². The molecule has 0 bridgehead atoms. The predicted octanol–water partition coefficient (Wildman–Crippen LogP) is 4.50. The van der Waals surface area contributed by atoms with Crippen LogP contribution in [0.1, 0.15) is 25.7 Å². The van der Waals surface area contributed by atoms with Gasteiger partial charge in [-0.25, -0.2) is 9.78 Å². The minimum absolute atomic E-state index is 0.208. The highest BCUT2D eigenvalue weighted by Gasteiger charge is 2.23. The number of carbonyl (C=O) groups is 1. The lowest BCUT2D eigenvalue weighted by molar-refractivity contribution is 0.246. The zero-order chi connectivity index (χ0) is 23.2. The number of benzene rings is 2. The number of para-hydroxylation sites is 3. The first-order valence-corrected chi connectivity index (χ1v) is 11.4. The van der Waals surface area contributed by atoms with Crippen LogP contribution in [0.15, 0.2) is 48.5 Å². The van der Waals surface area contributed by atoms with Crippen LogP contribution >= 0.6 is 0 Å². The van der Waals surface area contributed by atoms with Crippen LogP contribution in [0.25, 0.3) is 10.9 Å². The standard InChI is InChI=1S/C25H32N6O2/c1-31(2)23-19-8-4-5-9-20(19)28-24(30-23)27-18-14-12-17(13-15-18)16-26-25(32)29-21-10-6-7-11-22(21)33-3/h4-11,17-18H,12-16H2,1-3H3,(H2,26,29,32)(H,27,28,30). The van der Waals surface area contributed by atoms with Crippen LogP contribution < -0.4 is 25.6 Å². The predicted molar refractivity (Wildman–Crippen MR) is 133 cm³/mol. The van der Waals surface area contributed by atoms with Crippen molar-refractivity contribution in [2.45, 2.75) is 31.7 Å². The molecule has 0 aliphatic heterocycles. The highest BCUT2D eigenvalue weighted by molar-refractivity contribution is 5.91. The van der Waals surface area contributed by atoms with Gasteiger partial charge in [0.15, 0.2) is 0 Å². The zero-order valence-corrected chi connectivity index (χ0v) is 19.5. The van der Waals surface area contributed by atoms with Crippen LogP contribution in [-0.4, -0.2) is 49.8 Å². The summed E-state index contributed by atoms with van der Waals surface area (Å²) < 4.78 is 5.28. The Morgan fingerprint density at radius 2 is 1.76 bits per heavy atom. The maximum absolute atomic E-state index is 12.3. The van der Waals surface area contributed by atoms with Crippen molar-refractivity contribution in [1.82, 2.24) is 15.3 Å². The number of nitrogens with one attached hydrogen (secondary N) is 3. The van der Waals surface area contributed by atoms with Crippen LogP contribution in [0, 0.1) is 5.92 Å². The lowest BCUT2D eigenvalue weighted by Crippen LogP contribution is -2.36. The van der Waals surface area contributed by atoms with Gasteiger partial charge in [0.2, 0.25) is 5.95 Å². The molecule has 0 unspecified atom stereocenters. The molecule has 33 heavy (non-hydrogen) atoms. The molecule has 0 radical (unpaired) electrons. The van der Waals surface area contributed by atoms with E-state index in [-0.39, 0.29) is 6.03 Å². The number of hydrogen-bond donors (Lipinski definition) is 3. The quantitative estimate of drug-likeness (QED) is 0.493. The molecule has 1 fully saturated rings. The minimum Gasteiger partial charge on any atom is -0.495 e. The van der Waals surface area contributed by atoms with E-state index in [1.165, 1.54) is 0 Å². The number of urea groups is 1. The molecule has 1 aliphatic carbocycles. The Morgan fingerprint density at radius 3 is 2.52 bits per heavy atom. The Bertz CT molecular complexity index is 1100. The molecule has 1 heterocycles. The van der Waals surface area contributed by atoms with Gasteiger partial charge in [0, 0.05) is 32.1 Å². The smallest absolute Gasteiger partial charge is 0.319 e. The summed E-state index contributed by atoms with van der Waals surface area (Å²) in [4.78, 5) is 23.8. The second-order valence-electron chi connectivity index (χ2n) is 8.68. The summed E-state index contributed by atoms with van der Waals surface area (Å²) >= 11 is 0. The molecule has 1 aromatic heterocycles. The number of aromatic nitrogens is 2. The summed E-state index contributed by atoms with van der Waals surface area (Å²) in [6.07, 6.45) is 4.13. The van der Waals surface area contributed by atoms with Crippen LogP contribution in [0.4, 0.5) is 22.2 Å². The first-order valence-electron chi connectivity index (χ1n) is 11.4. The third kappa shape index (κ3) is 5.63. The van der Waals surface area contributed by atoms with Crippen molar-refractivity contribution in [2.24, 2.45) is 5.92 Å². The van der Waals surface area contributed by atoms with Gasteiger partial charge >= 0.3 is 6.03 Å². The topological polar surface area (TPSA) is 91.4 Å². The summed E-state index contributed by atoms with van der Waals surface area (Å²) in [6.45, 7) is 0.658. The number of rotatable bonds is 7. The van der Waals surface area contributed by atoms with Crippen molar-refractivity contribution in [3.63, 3.8) is 0 Å². The van der Waals surface area contributed by atoms with E-state index in [0.29, 0.717) is 35.9 Å². The fourth-order valence-electron chi connectivity index (χ4n) is 4.31. The zero-order valence-electron chi connectivity index (χ0n) is 19.5. The third-order valence-electron chi connectivity index (χ3n) is 6.09. The molecule has 4 rings (SSSR count). The van der Waals surface area contributed by atoms with Gasteiger partial charge < -0.3 is 25.6 Å². The molecule has 8 heteroatoms. The summed E-state index contributed by atoms with van der Waals surface area (Å²) in [5.41, 5.74) is 1.61. The van der Waals surface area contributed by atoms with Crippen molar-refractivity contribution in [1.29, 1.82) is 0 Å². The van der Waals surface area contributed by atoms with Crippen molar-refractivity contribution in [3.05, 3.63) is 48.5 Å². The largest absolute Gasteiger partial charge is 0.495 e. The molecular weight excluding hydrogens is 416 g/mol. The second-order valence-corrected chi connectivity index (χ2v) is 8.68. The summed E-state index contributed by atoms with van der Waals surface area (Å²) in [7, 11) is 5.59. The van der Waals surface area contributed by atoms with Gasteiger partial charge in [0.1, 0.15) is 11.6 Å². The van der Waals surface area contributed by atoms with E-state index in [2.05, 4.69) is 22.0 Å². The molecule has 2 aromatic carbocycles. The molecule has 1 saturated carbocycles. The van der Waals surface area contributed by atoms with Crippen LogP contribution in [-0.2, 0) is 0 Å². The summed E-state index contributed by atoms with van der Waals surface area (Å²) in [5, 5.41) is 10.5. The third-order valence-corrected chi connectivity index (χ3v) is 6.09. The number of hydrogen-bond acceptors (Lipinski definition) is 6. The Kier molecular flexibility index (Phi) is 7.12. The van der Waals surface area contributed by atoms with Crippen LogP contribution in [0.3, 0.4) is 0 Å². The molecule has 174 valence electrons. The van der Waals surface area contributed by atoms with Crippen molar-refractivity contribution < 1.29 is 9.53 Å². The maximum atomic E-state index is 12.3. The number of amides is 2. The van der Waals surface area contributed by atoms with E-state index >= 15 is 0 Å². The number of ether oxygens (including phenoxy) is 1. The Labute approximate surface area is 194 Å². The van der Waals surface area contributed by atoms with E-state index in [0.717, 1.165) is 42.4 Å². The average molecular weight is 449 g/mol. The highest BCUT2D eigenvalue weighted by atomic mass is 16.5. The Balaban J connectivity index is 1.27. The van der Waals surface area contributed by atoms with E-state index < -0.39 is 0 Å². The molecule has 8 nitrogen and oxygen atoms in total. The van der Waals surface area contributed by atoms with Crippen molar-refractivity contribution >= 4 is 34.4 Å². The van der Waals surface area contributed by atoms with Gasteiger partial charge in [-0.2, -0.15) is 4.98 Å². The molecule has 0 saturated heterocycles. The lowest BCUT2D eigenvalue weighted by Gasteiger charge is -2.29. The number of carbonyl (C=O) groups excluding carboxylic acids is 1. The summed E-state index contributed by atoms with van der Waals surface area (Å²) in [5.74, 6) is 2.70. The van der Waals surface area contributed by atoms with E-state index in [1.807, 2.05) is 61.5 Å². The fraction of sp³-hybridized carbons (Fsp3) is 0.400. The van der Waals surface area contributed by atoms with E-state index in [4.69, 9.17) is 14.7 Å². The normalized spacial score (nSPS) is 17.9. The molecule has 0 atom stereocenters. The van der Waals surface area contributed by atoms with Gasteiger partial charge in [-0.05, 0) is 55.9 Å². The summed E-state index contributed by atoms with van der Waals surface area (Å²) in [6, 6.07) is 15.6. The van der Waals surface area contributed by atoms with Crippen molar-refractivity contribution in [2.75, 3.05) is 43.3 Å². The number of methoxy groups -OCH3 is 1. The van der Waals surface area contributed by atoms with Crippen molar-refractivity contribution in [3.8, 4) is 5.75 Å². The Hall–Kier alpha value is -3.55.